The Bertz CT molecular complexity index is 740. The van der Waals surface area contributed by atoms with E-state index in [4.69, 9.17) is 10.5 Å². The topological polar surface area (TPSA) is 40.2 Å². The molecule has 0 bridgehead atoms. The van der Waals surface area contributed by atoms with Crippen LogP contribution >= 0.6 is 0 Å². The molecule has 2 N–H and O–H groups in total. The molecular weight excluding hydrogens is 260 g/mol. The Balaban J connectivity index is 2.09. The molecule has 1 aromatic heterocycles. The van der Waals surface area contributed by atoms with Gasteiger partial charge in [-0.05, 0) is 73.2 Å². The van der Waals surface area contributed by atoms with Gasteiger partial charge in [0.25, 0.3) is 0 Å². The number of nitrogen functional groups attached to an aromatic ring is 1. The highest BCUT2D eigenvalue weighted by molar-refractivity contribution is 5.65. The number of hydrogen-bond donors (Lipinski definition) is 1. The summed E-state index contributed by atoms with van der Waals surface area (Å²) >= 11 is 0. The van der Waals surface area contributed by atoms with E-state index in [2.05, 4.69) is 35.8 Å². The molecule has 0 radical (unpaired) electrons. The highest BCUT2D eigenvalue weighted by atomic mass is 16.5. The predicted octanol–water partition coefficient (Wildman–Crippen LogP) is 4.04. The van der Waals surface area contributed by atoms with Crippen molar-refractivity contribution in [2.45, 2.75) is 6.92 Å². The average Bonchev–Trinajstić information content (AvgIpc) is 2.90. The maximum absolute atomic E-state index is 5.78. The van der Waals surface area contributed by atoms with Gasteiger partial charge in [0.15, 0.2) is 0 Å². The van der Waals surface area contributed by atoms with Crippen molar-refractivity contribution in [2.75, 3.05) is 12.8 Å². The van der Waals surface area contributed by atoms with Gasteiger partial charge in [0, 0.05) is 17.1 Å². The molecule has 0 amide bonds. The van der Waals surface area contributed by atoms with Crippen molar-refractivity contribution in [3.05, 3.63) is 66.4 Å². The number of aryl methyl sites for hydroxylation is 1. The van der Waals surface area contributed by atoms with Crippen LogP contribution in [0.2, 0.25) is 0 Å². The largest absolute Gasteiger partial charge is 0.497 e. The van der Waals surface area contributed by atoms with Crippen LogP contribution in [0.4, 0.5) is 5.69 Å². The second-order valence-corrected chi connectivity index (χ2v) is 5.02. The number of aromatic nitrogens is 1. The van der Waals surface area contributed by atoms with E-state index < -0.39 is 0 Å². The Labute approximate surface area is 124 Å². The number of nitrogens with zero attached hydrogens (tertiary/aromatic N) is 1. The van der Waals surface area contributed by atoms with Crippen molar-refractivity contribution in [2.24, 2.45) is 0 Å². The molecule has 3 nitrogen and oxygen atoms in total. The van der Waals surface area contributed by atoms with Crippen LogP contribution in [0.15, 0.2) is 60.7 Å². The molecule has 0 saturated carbocycles. The summed E-state index contributed by atoms with van der Waals surface area (Å²) in [5.74, 6) is 0.862. The second-order valence-electron chi connectivity index (χ2n) is 5.02. The first-order valence-electron chi connectivity index (χ1n) is 6.88. The predicted molar refractivity (Wildman–Crippen MR) is 86.9 cm³/mol. The molecule has 106 valence electrons. The molecule has 0 atom stereocenters. The monoisotopic (exact) mass is 278 g/mol. The van der Waals surface area contributed by atoms with Gasteiger partial charge in [0.2, 0.25) is 0 Å². The van der Waals surface area contributed by atoms with Gasteiger partial charge in [0.1, 0.15) is 5.75 Å². The van der Waals surface area contributed by atoms with Crippen molar-refractivity contribution in [1.29, 1.82) is 0 Å². The van der Waals surface area contributed by atoms with Crippen molar-refractivity contribution in [3.8, 4) is 22.7 Å². The summed E-state index contributed by atoms with van der Waals surface area (Å²) in [4.78, 5) is 0. The van der Waals surface area contributed by atoms with Gasteiger partial charge in [-0.1, -0.05) is 0 Å². The molecule has 0 saturated heterocycles. The second kappa shape index (κ2) is 5.37. The minimum absolute atomic E-state index is 0.773. The number of benzene rings is 2. The Morgan fingerprint density at radius 3 is 2.14 bits per heavy atom. The lowest BCUT2D eigenvalue weighted by Crippen LogP contribution is -1.99. The summed E-state index contributed by atoms with van der Waals surface area (Å²) in [5, 5.41) is 0. The van der Waals surface area contributed by atoms with E-state index in [-0.39, 0.29) is 0 Å². The third-order valence-electron chi connectivity index (χ3n) is 3.61. The molecule has 0 spiro atoms. The van der Waals surface area contributed by atoms with Gasteiger partial charge in [-0.3, -0.25) is 0 Å². The van der Waals surface area contributed by atoms with E-state index >= 15 is 0 Å². The van der Waals surface area contributed by atoms with Crippen LogP contribution in [0.3, 0.4) is 0 Å². The van der Waals surface area contributed by atoms with Gasteiger partial charge in [0.05, 0.1) is 12.8 Å². The summed E-state index contributed by atoms with van der Waals surface area (Å²) in [5.41, 5.74) is 11.1. The summed E-state index contributed by atoms with van der Waals surface area (Å²) in [6.45, 7) is 2.10. The Kier molecular flexibility index (Phi) is 3.40. The lowest BCUT2D eigenvalue weighted by atomic mass is 10.1. The molecule has 0 fully saturated rings. The molecule has 3 heteroatoms. The highest BCUT2D eigenvalue weighted by Gasteiger charge is 2.09. The maximum Gasteiger partial charge on any atom is 0.118 e. The molecule has 3 aromatic rings. The Hall–Kier alpha value is -2.68. The average molecular weight is 278 g/mol. The van der Waals surface area contributed by atoms with E-state index in [1.54, 1.807) is 7.11 Å². The van der Waals surface area contributed by atoms with Gasteiger partial charge < -0.3 is 15.0 Å². The molecular formula is C18H18N2O. The van der Waals surface area contributed by atoms with Gasteiger partial charge >= 0.3 is 0 Å². The molecule has 2 aromatic carbocycles. The lowest BCUT2D eigenvalue weighted by molar-refractivity contribution is 0.415. The highest BCUT2D eigenvalue weighted by Crippen LogP contribution is 2.28. The molecule has 0 aliphatic heterocycles. The summed E-state index contributed by atoms with van der Waals surface area (Å²) in [7, 11) is 1.68. The number of ether oxygens (including phenoxy) is 1. The van der Waals surface area contributed by atoms with Crippen LogP contribution in [0.5, 0.6) is 5.75 Å². The normalized spacial score (nSPS) is 10.6. The third kappa shape index (κ3) is 2.50. The van der Waals surface area contributed by atoms with E-state index in [0.29, 0.717) is 0 Å². The zero-order valence-corrected chi connectivity index (χ0v) is 12.2. The van der Waals surface area contributed by atoms with E-state index in [0.717, 1.165) is 28.4 Å². The first-order valence-corrected chi connectivity index (χ1v) is 6.88. The molecule has 0 aliphatic rings. The molecule has 21 heavy (non-hydrogen) atoms. The molecule has 0 unspecified atom stereocenters. The minimum atomic E-state index is 0.773. The van der Waals surface area contributed by atoms with E-state index in [9.17, 15) is 0 Å². The first-order chi connectivity index (χ1) is 10.2. The Morgan fingerprint density at radius 2 is 1.52 bits per heavy atom. The van der Waals surface area contributed by atoms with Crippen LogP contribution in [0.1, 0.15) is 5.69 Å². The minimum Gasteiger partial charge on any atom is -0.497 e. The lowest BCUT2D eigenvalue weighted by Gasteiger charge is -2.12. The zero-order chi connectivity index (χ0) is 14.8. The maximum atomic E-state index is 5.78. The van der Waals surface area contributed by atoms with E-state index in [1.807, 2.05) is 36.4 Å². The van der Waals surface area contributed by atoms with E-state index in [1.165, 1.54) is 5.69 Å². The standard InChI is InChI=1S/C18H18N2O/c1-13-3-12-18(14-4-10-17(21-2)11-5-14)20(13)16-8-6-15(19)7-9-16/h3-12H,19H2,1-2H3. The zero-order valence-electron chi connectivity index (χ0n) is 12.2. The number of nitrogens with two attached hydrogens (primary N) is 1. The van der Waals surface area contributed by atoms with Crippen LogP contribution in [0, 0.1) is 6.92 Å². The van der Waals surface area contributed by atoms with Crippen LogP contribution in [0.25, 0.3) is 16.9 Å². The summed E-state index contributed by atoms with van der Waals surface area (Å²) in [6, 6.07) is 20.3. The van der Waals surface area contributed by atoms with Gasteiger partial charge in [-0.2, -0.15) is 0 Å². The van der Waals surface area contributed by atoms with Crippen molar-refractivity contribution < 1.29 is 4.74 Å². The fraction of sp³-hybridized carbons (Fsp3) is 0.111. The summed E-state index contributed by atoms with van der Waals surface area (Å²) < 4.78 is 7.44. The van der Waals surface area contributed by atoms with Gasteiger partial charge in [-0.25, -0.2) is 0 Å². The van der Waals surface area contributed by atoms with Crippen molar-refractivity contribution in [1.82, 2.24) is 4.57 Å². The fourth-order valence-corrected chi connectivity index (χ4v) is 2.49. The number of hydrogen-bond acceptors (Lipinski definition) is 2. The smallest absolute Gasteiger partial charge is 0.118 e. The third-order valence-corrected chi connectivity index (χ3v) is 3.61. The molecule has 3 rings (SSSR count). The quantitative estimate of drug-likeness (QED) is 0.734. The van der Waals surface area contributed by atoms with Crippen molar-refractivity contribution in [3.63, 3.8) is 0 Å². The van der Waals surface area contributed by atoms with Gasteiger partial charge in [-0.15, -0.1) is 0 Å². The number of methoxy groups -OCH3 is 1. The summed E-state index contributed by atoms with van der Waals surface area (Å²) in [6.07, 6.45) is 0. The molecule has 0 aliphatic carbocycles. The number of anilines is 1. The van der Waals surface area contributed by atoms with Crippen LogP contribution in [-0.2, 0) is 0 Å². The fourth-order valence-electron chi connectivity index (χ4n) is 2.49. The Morgan fingerprint density at radius 1 is 0.857 bits per heavy atom. The molecule has 1 heterocycles. The SMILES string of the molecule is COc1ccc(-c2ccc(C)n2-c2ccc(N)cc2)cc1. The van der Waals surface area contributed by atoms with Crippen molar-refractivity contribution >= 4 is 5.69 Å². The van der Waals surface area contributed by atoms with Crippen LogP contribution < -0.4 is 10.5 Å². The first kappa shape index (κ1) is 13.3. The van der Waals surface area contributed by atoms with Crippen LogP contribution in [-0.4, -0.2) is 11.7 Å². The number of rotatable bonds is 3.